The zero-order valence-corrected chi connectivity index (χ0v) is 10.7. The number of benzene rings is 1. The van der Waals surface area contributed by atoms with Gasteiger partial charge in [-0.2, -0.15) is 0 Å². The van der Waals surface area contributed by atoms with Gasteiger partial charge in [-0.3, -0.25) is 0 Å². The summed E-state index contributed by atoms with van der Waals surface area (Å²) in [6, 6.07) is 4.45. The zero-order valence-electron chi connectivity index (χ0n) is 9.10. The van der Waals surface area contributed by atoms with Crippen LogP contribution in [0.1, 0.15) is 18.7 Å². The van der Waals surface area contributed by atoms with E-state index in [1.54, 1.807) is 23.2 Å². The molecule has 1 aromatic heterocycles. The van der Waals surface area contributed by atoms with E-state index >= 15 is 0 Å². The lowest BCUT2D eigenvalue weighted by Gasteiger charge is -2.03. The fraction of sp³-hybridized carbons (Fsp3) is 0.182. The number of rotatable bonds is 2. The van der Waals surface area contributed by atoms with Crippen LogP contribution in [0, 0.1) is 5.82 Å². The highest BCUT2D eigenvalue weighted by Gasteiger charge is 2.06. The Hall–Kier alpha value is -1.10. The third-order valence-electron chi connectivity index (χ3n) is 2.27. The minimum absolute atomic E-state index is 0. The topological polar surface area (TPSA) is 43.8 Å². The molecule has 0 radical (unpaired) electrons. The fourth-order valence-corrected chi connectivity index (χ4v) is 1.48. The Morgan fingerprint density at radius 3 is 2.71 bits per heavy atom. The smallest absolute Gasteiger partial charge is 0.143 e. The standard InChI is InChI=1S/C11H11ClFN3.ClH/c1-7(14)11-5-16(6-15-11)8-2-3-9(12)10(13)4-8;/h2-7H,14H2,1H3;1H/t7-;/m0./s1. The Labute approximate surface area is 110 Å². The van der Waals surface area contributed by atoms with Gasteiger partial charge in [-0.1, -0.05) is 11.6 Å². The van der Waals surface area contributed by atoms with Crippen molar-refractivity contribution in [2.24, 2.45) is 5.73 Å². The summed E-state index contributed by atoms with van der Waals surface area (Å²) in [5, 5.41) is 0.108. The van der Waals surface area contributed by atoms with E-state index in [0.717, 1.165) is 5.69 Å². The van der Waals surface area contributed by atoms with Crippen LogP contribution >= 0.6 is 24.0 Å². The maximum atomic E-state index is 13.2. The van der Waals surface area contributed by atoms with Gasteiger partial charge in [0.1, 0.15) is 5.82 Å². The molecule has 0 amide bonds. The predicted octanol–water partition coefficient (Wildman–Crippen LogP) is 3.11. The Morgan fingerprint density at radius 2 is 2.18 bits per heavy atom. The number of hydrogen-bond donors (Lipinski definition) is 1. The van der Waals surface area contributed by atoms with Crippen LogP contribution < -0.4 is 5.73 Å². The Balaban J connectivity index is 0.00000144. The highest BCUT2D eigenvalue weighted by Crippen LogP contribution is 2.19. The van der Waals surface area contributed by atoms with Crippen molar-refractivity contribution < 1.29 is 4.39 Å². The molecule has 0 fully saturated rings. The van der Waals surface area contributed by atoms with Crippen molar-refractivity contribution in [2.75, 3.05) is 0 Å². The van der Waals surface area contributed by atoms with E-state index in [0.29, 0.717) is 5.69 Å². The lowest BCUT2D eigenvalue weighted by Crippen LogP contribution is -2.04. The molecule has 1 aromatic carbocycles. The molecular formula is C11H12Cl2FN3. The number of nitrogens with zero attached hydrogens (tertiary/aromatic N) is 2. The van der Waals surface area contributed by atoms with Gasteiger partial charge in [0.25, 0.3) is 0 Å². The van der Waals surface area contributed by atoms with Crippen LogP contribution in [0.5, 0.6) is 0 Å². The third kappa shape index (κ3) is 2.97. The molecule has 17 heavy (non-hydrogen) atoms. The summed E-state index contributed by atoms with van der Waals surface area (Å²) >= 11 is 5.60. The molecular weight excluding hydrogens is 264 g/mol. The maximum Gasteiger partial charge on any atom is 0.143 e. The van der Waals surface area contributed by atoms with Gasteiger partial charge in [0, 0.05) is 17.9 Å². The molecule has 0 saturated carbocycles. The first-order valence-electron chi connectivity index (χ1n) is 4.83. The van der Waals surface area contributed by atoms with Crippen molar-refractivity contribution in [1.29, 1.82) is 0 Å². The number of halogens is 3. The lowest BCUT2D eigenvalue weighted by molar-refractivity contribution is 0.627. The number of aromatic nitrogens is 2. The van der Waals surface area contributed by atoms with Crippen LogP contribution in [0.15, 0.2) is 30.7 Å². The summed E-state index contributed by atoms with van der Waals surface area (Å²) in [6.07, 6.45) is 3.37. The van der Waals surface area contributed by atoms with E-state index in [1.165, 1.54) is 12.1 Å². The van der Waals surface area contributed by atoms with Gasteiger partial charge in [-0.05, 0) is 25.1 Å². The molecule has 6 heteroatoms. The molecule has 1 atom stereocenters. The number of imidazole rings is 1. The molecule has 0 spiro atoms. The van der Waals surface area contributed by atoms with Crippen LogP contribution in [0.4, 0.5) is 4.39 Å². The molecule has 0 aliphatic carbocycles. The monoisotopic (exact) mass is 275 g/mol. The summed E-state index contributed by atoms with van der Waals surface area (Å²) in [7, 11) is 0. The van der Waals surface area contributed by atoms with Crippen LogP contribution in [0.3, 0.4) is 0 Å². The maximum absolute atomic E-state index is 13.2. The second-order valence-electron chi connectivity index (χ2n) is 3.59. The molecule has 0 bridgehead atoms. The lowest BCUT2D eigenvalue weighted by atomic mass is 10.3. The van der Waals surface area contributed by atoms with Crippen molar-refractivity contribution in [2.45, 2.75) is 13.0 Å². The van der Waals surface area contributed by atoms with Gasteiger partial charge >= 0.3 is 0 Å². The van der Waals surface area contributed by atoms with Gasteiger partial charge in [-0.25, -0.2) is 9.37 Å². The second kappa shape index (κ2) is 5.49. The van der Waals surface area contributed by atoms with Gasteiger partial charge in [0.05, 0.1) is 17.0 Å². The summed E-state index contributed by atoms with van der Waals surface area (Å²) < 4.78 is 14.9. The Kier molecular flexibility index (Phi) is 4.51. The number of hydrogen-bond acceptors (Lipinski definition) is 2. The van der Waals surface area contributed by atoms with E-state index < -0.39 is 5.82 Å². The third-order valence-corrected chi connectivity index (χ3v) is 2.58. The number of nitrogens with two attached hydrogens (primary N) is 1. The molecule has 0 unspecified atom stereocenters. The first kappa shape index (κ1) is 14.0. The predicted molar refractivity (Wildman–Crippen MR) is 68.4 cm³/mol. The van der Waals surface area contributed by atoms with Gasteiger partial charge in [0.15, 0.2) is 0 Å². The average Bonchev–Trinajstić information content (AvgIpc) is 2.71. The van der Waals surface area contributed by atoms with Crippen molar-refractivity contribution in [1.82, 2.24) is 9.55 Å². The fourth-order valence-electron chi connectivity index (χ4n) is 1.36. The zero-order chi connectivity index (χ0) is 11.7. The van der Waals surface area contributed by atoms with Crippen LogP contribution in [0.2, 0.25) is 5.02 Å². The van der Waals surface area contributed by atoms with Crippen molar-refractivity contribution in [3.63, 3.8) is 0 Å². The molecule has 92 valence electrons. The summed E-state index contributed by atoms with van der Waals surface area (Å²) in [6.45, 7) is 1.84. The van der Waals surface area contributed by atoms with E-state index in [9.17, 15) is 4.39 Å². The molecule has 2 aromatic rings. The van der Waals surface area contributed by atoms with Gasteiger partial charge < -0.3 is 10.3 Å². The average molecular weight is 276 g/mol. The first-order valence-corrected chi connectivity index (χ1v) is 5.20. The highest BCUT2D eigenvalue weighted by molar-refractivity contribution is 6.30. The Morgan fingerprint density at radius 1 is 1.47 bits per heavy atom. The van der Waals surface area contributed by atoms with Gasteiger partial charge in [-0.15, -0.1) is 12.4 Å². The minimum atomic E-state index is -0.449. The van der Waals surface area contributed by atoms with Crippen LogP contribution in [-0.2, 0) is 0 Å². The van der Waals surface area contributed by atoms with Crippen LogP contribution in [0.25, 0.3) is 5.69 Å². The summed E-state index contributed by atoms with van der Waals surface area (Å²) in [5.41, 5.74) is 7.12. The summed E-state index contributed by atoms with van der Waals surface area (Å²) in [5.74, 6) is -0.449. The highest BCUT2D eigenvalue weighted by atomic mass is 35.5. The SMILES string of the molecule is C[C@H](N)c1cn(-c2ccc(Cl)c(F)c2)cn1.Cl. The molecule has 0 saturated heterocycles. The molecule has 0 aliphatic rings. The molecule has 2 N–H and O–H groups in total. The summed E-state index contributed by atoms with van der Waals surface area (Å²) in [4.78, 5) is 4.13. The van der Waals surface area contributed by atoms with Crippen molar-refractivity contribution in [3.8, 4) is 5.69 Å². The van der Waals surface area contributed by atoms with E-state index in [-0.39, 0.29) is 23.5 Å². The molecule has 3 nitrogen and oxygen atoms in total. The quantitative estimate of drug-likeness (QED) is 0.915. The first-order chi connectivity index (χ1) is 7.58. The van der Waals surface area contributed by atoms with E-state index in [1.807, 2.05) is 6.92 Å². The minimum Gasteiger partial charge on any atom is -0.323 e. The van der Waals surface area contributed by atoms with Gasteiger partial charge in [0.2, 0.25) is 0 Å². The normalized spacial score (nSPS) is 12.0. The molecule has 0 aliphatic heterocycles. The molecule has 2 rings (SSSR count). The Bertz CT molecular complexity index is 511. The molecule has 1 heterocycles. The van der Waals surface area contributed by atoms with E-state index in [4.69, 9.17) is 17.3 Å². The van der Waals surface area contributed by atoms with E-state index in [2.05, 4.69) is 4.98 Å². The second-order valence-corrected chi connectivity index (χ2v) is 4.00. The van der Waals surface area contributed by atoms with Crippen molar-refractivity contribution in [3.05, 3.63) is 47.3 Å². The van der Waals surface area contributed by atoms with Crippen molar-refractivity contribution >= 4 is 24.0 Å². The van der Waals surface area contributed by atoms with Crippen LogP contribution in [-0.4, -0.2) is 9.55 Å². The largest absolute Gasteiger partial charge is 0.323 e.